The van der Waals surface area contributed by atoms with Gasteiger partial charge in [0, 0.05) is 16.9 Å². The summed E-state index contributed by atoms with van der Waals surface area (Å²) >= 11 is 0. The first kappa shape index (κ1) is 14.3. The Labute approximate surface area is 141 Å². The van der Waals surface area contributed by atoms with E-state index in [1.165, 1.54) is 10.8 Å². The summed E-state index contributed by atoms with van der Waals surface area (Å²) in [6, 6.07) is 28.8. The van der Waals surface area contributed by atoms with Gasteiger partial charge in [0.1, 0.15) is 0 Å². The minimum atomic E-state index is 0.767. The molecule has 2 heteroatoms. The Morgan fingerprint density at radius 1 is 0.542 bits per heavy atom. The van der Waals surface area contributed by atoms with Gasteiger partial charge in [-0.15, -0.1) is 0 Å². The van der Waals surface area contributed by atoms with Crippen LogP contribution in [0.1, 0.15) is 0 Å². The molecule has 0 aliphatic carbocycles. The molecule has 0 saturated carbocycles. The predicted molar refractivity (Wildman–Crippen MR) is 104 cm³/mol. The molecule has 0 amide bonds. The molecule has 0 bridgehead atoms. The van der Waals surface area contributed by atoms with Gasteiger partial charge in [0.25, 0.3) is 0 Å². The normalized spacial score (nSPS) is 10.8. The summed E-state index contributed by atoms with van der Waals surface area (Å²) in [6.07, 6.45) is 0. The molecule has 4 aromatic carbocycles. The first-order valence-electron chi connectivity index (χ1n) is 7.96. The minimum absolute atomic E-state index is 0.767. The van der Waals surface area contributed by atoms with Gasteiger partial charge in [-0.3, -0.25) is 0 Å². The van der Waals surface area contributed by atoms with Crippen molar-refractivity contribution in [3.05, 3.63) is 84.9 Å². The standard InChI is InChI=1S/C22H18N2/c23-18-11-8-15(9-12-18)17-10-13-22(24)21(14-17)20-7-3-5-16-4-1-2-6-19(16)20/h1-14H,23-24H2. The monoisotopic (exact) mass is 310 g/mol. The minimum Gasteiger partial charge on any atom is -0.399 e. The molecule has 0 aliphatic rings. The molecule has 4 N–H and O–H groups in total. The van der Waals surface area contributed by atoms with Gasteiger partial charge in [0.2, 0.25) is 0 Å². The van der Waals surface area contributed by atoms with E-state index in [1.807, 2.05) is 30.3 Å². The molecule has 4 aromatic rings. The Balaban J connectivity index is 1.91. The van der Waals surface area contributed by atoms with Gasteiger partial charge in [-0.1, -0.05) is 60.7 Å². The first-order chi connectivity index (χ1) is 11.7. The molecule has 4 rings (SSSR count). The van der Waals surface area contributed by atoms with Crippen molar-refractivity contribution in [2.75, 3.05) is 11.5 Å². The molecule has 0 unspecified atom stereocenters. The van der Waals surface area contributed by atoms with E-state index in [-0.39, 0.29) is 0 Å². The number of benzene rings is 4. The highest BCUT2D eigenvalue weighted by atomic mass is 14.6. The number of hydrogen-bond donors (Lipinski definition) is 2. The molecule has 2 nitrogen and oxygen atoms in total. The van der Waals surface area contributed by atoms with E-state index >= 15 is 0 Å². The quantitative estimate of drug-likeness (QED) is 0.491. The number of rotatable bonds is 2. The van der Waals surface area contributed by atoms with Crippen LogP contribution in [0, 0.1) is 0 Å². The van der Waals surface area contributed by atoms with E-state index < -0.39 is 0 Å². The Hall–Kier alpha value is -3.26. The van der Waals surface area contributed by atoms with Crippen LogP contribution in [0.5, 0.6) is 0 Å². The summed E-state index contributed by atoms with van der Waals surface area (Å²) in [4.78, 5) is 0. The number of hydrogen-bond acceptors (Lipinski definition) is 2. The van der Waals surface area contributed by atoms with Gasteiger partial charge < -0.3 is 11.5 Å². The molecule has 0 atom stereocenters. The molecular weight excluding hydrogens is 292 g/mol. The number of nitrogens with two attached hydrogens (primary N) is 2. The molecule has 0 heterocycles. The molecule has 0 fully saturated rings. The third-order valence-electron chi connectivity index (χ3n) is 4.38. The molecule has 0 spiro atoms. The predicted octanol–water partition coefficient (Wildman–Crippen LogP) is 5.34. The van der Waals surface area contributed by atoms with Crippen molar-refractivity contribution in [3.63, 3.8) is 0 Å². The van der Waals surface area contributed by atoms with Gasteiger partial charge in [-0.25, -0.2) is 0 Å². The zero-order valence-electron chi connectivity index (χ0n) is 13.2. The van der Waals surface area contributed by atoms with Crippen LogP contribution in [-0.2, 0) is 0 Å². The van der Waals surface area contributed by atoms with E-state index in [9.17, 15) is 0 Å². The third kappa shape index (κ3) is 2.48. The average Bonchev–Trinajstić information content (AvgIpc) is 2.63. The summed E-state index contributed by atoms with van der Waals surface area (Å²) in [7, 11) is 0. The average molecular weight is 310 g/mol. The Kier molecular flexibility index (Phi) is 3.43. The number of nitrogen functional groups attached to an aromatic ring is 2. The highest BCUT2D eigenvalue weighted by Crippen LogP contribution is 2.35. The molecule has 116 valence electrons. The van der Waals surface area contributed by atoms with Crippen LogP contribution in [0.15, 0.2) is 84.9 Å². The van der Waals surface area contributed by atoms with Gasteiger partial charge in [0.15, 0.2) is 0 Å². The Morgan fingerprint density at radius 3 is 2.08 bits per heavy atom. The fourth-order valence-corrected chi connectivity index (χ4v) is 3.10. The lowest BCUT2D eigenvalue weighted by Crippen LogP contribution is -1.92. The number of fused-ring (bicyclic) bond motifs is 1. The van der Waals surface area contributed by atoms with Gasteiger partial charge in [0.05, 0.1) is 0 Å². The molecular formula is C22H18N2. The lowest BCUT2D eigenvalue weighted by atomic mass is 9.94. The summed E-state index contributed by atoms with van der Waals surface area (Å²) in [5.74, 6) is 0. The zero-order chi connectivity index (χ0) is 16.5. The molecule has 0 aromatic heterocycles. The summed E-state index contributed by atoms with van der Waals surface area (Å²) < 4.78 is 0. The van der Waals surface area contributed by atoms with Gasteiger partial charge in [-0.2, -0.15) is 0 Å². The lowest BCUT2D eigenvalue weighted by molar-refractivity contribution is 1.59. The molecule has 0 radical (unpaired) electrons. The van der Waals surface area contributed by atoms with E-state index in [4.69, 9.17) is 11.5 Å². The SMILES string of the molecule is Nc1ccc(-c2ccc(N)c(-c3cccc4ccccc34)c2)cc1. The van der Waals surface area contributed by atoms with E-state index in [1.54, 1.807) is 0 Å². The van der Waals surface area contributed by atoms with Crippen LogP contribution in [-0.4, -0.2) is 0 Å². The van der Waals surface area contributed by atoms with Crippen molar-refractivity contribution in [1.82, 2.24) is 0 Å². The fraction of sp³-hybridized carbons (Fsp3) is 0. The van der Waals surface area contributed by atoms with E-state index in [0.29, 0.717) is 0 Å². The van der Waals surface area contributed by atoms with Crippen LogP contribution in [0.25, 0.3) is 33.0 Å². The Bertz CT molecular complexity index is 1010. The van der Waals surface area contributed by atoms with Crippen LogP contribution < -0.4 is 11.5 Å². The maximum atomic E-state index is 6.29. The second-order valence-corrected chi connectivity index (χ2v) is 5.95. The van der Waals surface area contributed by atoms with Crippen molar-refractivity contribution < 1.29 is 0 Å². The second-order valence-electron chi connectivity index (χ2n) is 5.95. The maximum absolute atomic E-state index is 6.29. The van der Waals surface area contributed by atoms with Crippen molar-refractivity contribution in [2.24, 2.45) is 0 Å². The van der Waals surface area contributed by atoms with Crippen molar-refractivity contribution in [3.8, 4) is 22.3 Å². The largest absolute Gasteiger partial charge is 0.399 e. The first-order valence-corrected chi connectivity index (χ1v) is 7.96. The number of anilines is 2. The smallest absolute Gasteiger partial charge is 0.0394 e. The summed E-state index contributed by atoms with van der Waals surface area (Å²) in [6.45, 7) is 0. The van der Waals surface area contributed by atoms with Crippen LogP contribution in [0.2, 0.25) is 0 Å². The fourth-order valence-electron chi connectivity index (χ4n) is 3.10. The van der Waals surface area contributed by atoms with E-state index in [0.717, 1.165) is 33.6 Å². The van der Waals surface area contributed by atoms with Crippen LogP contribution in [0.4, 0.5) is 11.4 Å². The highest BCUT2D eigenvalue weighted by molar-refractivity contribution is 6.00. The van der Waals surface area contributed by atoms with Gasteiger partial charge >= 0.3 is 0 Å². The van der Waals surface area contributed by atoms with Crippen molar-refractivity contribution in [1.29, 1.82) is 0 Å². The van der Waals surface area contributed by atoms with E-state index in [2.05, 4.69) is 54.6 Å². The van der Waals surface area contributed by atoms with Gasteiger partial charge in [-0.05, 0) is 51.7 Å². The van der Waals surface area contributed by atoms with Crippen LogP contribution in [0.3, 0.4) is 0 Å². The second kappa shape index (κ2) is 5.74. The maximum Gasteiger partial charge on any atom is 0.0394 e. The molecule has 0 saturated heterocycles. The molecule has 24 heavy (non-hydrogen) atoms. The molecule has 0 aliphatic heterocycles. The Morgan fingerprint density at radius 2 is 1.25 bits per heavy atom. The van der Waals surface area contributed by atoms with Crippen molar-refractivity contribution >= 4 is 22.1 Å². The van der Waals surface area contributed by atoms with Crippen molar-refractivity contribution in [2.45, 2.75) is 0 Å². The zero-order valence-corrected chi connectivity index (χ0v) is 13.2. The topological polar surface area (TPSA) is 52.0 Å². The summed E-state index contributed by atoms with van der Waals surface area (Å²) in [5.41, 5.74) is 18.1. The third-order valence-corrected chi connectivity index (χ3v) is 4.38. The lowest BCUT2D eigenvalue weighted by Gasteiger charge is -2.12. The summed E-state index contributed by atoms with van der Waals surface area (Å²) in [5, 5.41) is 2.42. The van der Waals surface area contributed by atoms with Crippen LogP contribution >= 0.6 is 0 Å². The highest BCUT2D eigenvalue weighted by Gasteiger charge is 2.09.